The number of ether oxygens (including phenoxy) is 1. The Hall–Kier alpha value is -2.10. The summed E-state index contributed by atoms with van der Waals surface area (Å²) in [6.45, 7) is 0.0809. The molecule has 3 rings (SSSR count). The van der Waals surface area contributed by atoms with Crippen molar-refractivity contribution in [3.05, 3.63) is 64.7 Å². The molecule has 30 heavy (non-hydrogen) atoms. The SMILES string of the molecule is NC(=O)[C@H]1C[C@H](S(=O)(=O)c2ccccc2C(F)(F)F)C[C@@H]1OCc1ccc(Cl)cc1. The van der Waals surface area contributed by atoms with E-state index in [1.54, 1.807) is 24.3 Å². The second-order valence-corrected chi connectivity index (χ2v) is 9.75. The largest absolute Gasteiger partial charge is 0.417 e. The molecule has 1 amide bonds. The van der Waals surface area contributed by atoms with E-state index in [1.807, 2.05) is 0 Å². The summed E-state index contributed by atoms with van der Waals surface area (Å²) in [6, 6.07) is 10.7. The van der Waals surface area contributed by atoms with Gasteiger partial charge in [-0.2, -0.15) is 13.2 Å². The van der Waals surface area contributed by atoms with Crippen molar-refractivity contribution in [3.8, 4) is 0 Å². The van der Waals surface area contributed by atoms with Crippen LogP contribution in [0.1, 0.15) is 24.0 Å². The Kier molecular flexibility index (Phi) is 6.45. The van der Waals surface area contributed by atoms with Gasteiger partial charge in [-0.05, 0) is 42.7 Å². The van der Waals surface area contributed by atoms with Crippen LogP contribution in [0.4, 0.5) is 13.2 Å². The van der Waals surface area contributed by atoms with Crippen LogP contribution in [-0.4, -0.2) is 25.7 Å². The van der Waals surface area contributed by atoms with E-state index >= 15 is 0 Å². The van der Waals surface area contributed by atoms with E-state index in [0.29, 0.717) is 5.02 Å². The van der Waals surface area contributed by atoms with E-state index in [2.05, 4.69) is 0 Å². The van der Waals surface area contributed by atoms with Crippen molar-refractivity contribution in [2.24, 2.45) is 11.7 Å². The first-order chi connectivity index (χ1) is 14.0. The molecule has 0 aliphatic heterocycles. The summed E-state index contributed by atoms with van der Waals surface area (Å²) in [5.74, 6) is -1.67. The predicted molar refractivity (Wildman–Crippen MR) is 104 cm³/mol. The number of rotatable bonds is 6. The van der Waals surface area contributed by atoms with Crippen LogP contribution in [0.5, 0.6) is 0 Å². The van der Waals surface area contributed by atoms with Crippen LogP contribution in [0, 0.1) is 5.92 Å². The summed E-state index contributed by atoms with van der Waals surface area (Å²) < 4.78 is 71.7. The molecule has 0 aromatic heterocycles. The Morgan fingerprint density at radius 1 is 1.10 bits per heavy atom. The molecule has 10 heteroatoms. The Labute approximate surface area is 176 Å². The first-order valence-electron chi connectivity index (χ1n) is 9.05. The maximum atomic E-state index is 13.3. The molecule has 0 radical (unpaired) electrons. The molecular weight excluding hydrogens is 443 g/mol. The Balaban J connectivity index is 1.83. The van der Waals surface area contributed by atoms with Crippen molar-refractivity contribution in [2.75, 3.05) is 0 Å². The lowest BCUT2D eigenvalue weighted by Gasteiger charge is -2.18. The van der Waals surface area contributed by atoms with Gasteiger partial charge in [0.1, 0.15) is 0 Å². The average Bonchev–Trinajstić information content (AvgIpc) is 3.12. The standard InChI is InChI=1S/C20H19ClF3NO4S/c21-13-7-5-12(6-8-13)11-29-17-10-14(9-15(17)19(25)26)30(27,28)18-4-2-1-3-16(18)20(22,23)24/h1-8,14-15,17H,9-11H2,(H2,25,26)/t14-,15-,17-/m0/s1. The van der Waals surface area contributed by atoms with Crippen molar-refractivity contribution >= 4 is 27.3 Å². The zero-order valence-corrected chi connectivity index (χ0v) is 17.2. The maximum absolute atomic E-state index is 13.3. The molecule has 1 saturated carbocycles. The van der Waals surface area contributed by atoms with Crippen LogP contribution in [0.3, 0.4) is 0 Å². The summed E-state index contributed by atoms with van der Waals surface area (Å²) in [7, 11) is -4.37. The molecule has 1 fully saturated rings. The lowest BCUT2D eigenvalue weighted by atomic mass is 10.1. The van der Waals surface area contributed by atoms with Crippen molar-refractivity contribution in [1.82, 2.24) is 0 Å². The van der Waals surface area contributed by atoms with Crippen LogP contribution in [0.15, 0.2) is 53.4 Å². The van der Waals surface area contributed by atoms with Crippen LogP contribution >= 0.6 is 11.6 Å². The normalized spacial score (nSPS) is 22.2. The Morgan fingerprint density at radius 2 is 1.73 bits per heavy atom. The first-order valence-corrected chi connectivity index (χ1v) is 11.0. The molecule has 0 spiro atoms. The van der Waals surface area contributed by atoms with E-state index in [9.17, 15) is 26.4 Å². The number of benzene rings is 2. The fourth-order valence-corrected chi connectivity index (χ4v) is 5.75. The molecule has 2 N–H and O–H groups in total. The van der Waals surface area contributed by atoms with Crippen LogP contribution in [0.2, 0.25) is 5.02 Å². The molecule has 2 aromatic rings. The van der Waals surface area contributed by atoms with Crippen LogP contribution in [0.25, 0.3) is 0 Å². The number of hydrogen-bond acceptors (Lipinski definition) is 4. The van der Waals surface area contributed by atoms with Gasteiger partial charge in [-0.15, -0.1) is 0 Å². The minimum Gasteiger partial charge on any atom is -0.373 e. The van der Waals surface area contributed by atoms with Gasteiger partial charge in [0.15, 0.2) is 9.84 Å². The fraction of sp³-hybridized carbons (Fsp3) is 0.350. The minimum absolute atomic E-state index is 0.0809. The second kappa shape index (κ2) is 8.56. The van der Waals surface area contributed by atoms with E-state index in [0.717, 1.165) is 23.8 Å². The predicted octanol–water partition coefficient (Wildman–Crippen LogP) is 3.98. The minimum atomic E-state index is -4.82. The molecular formula is C20H19ClF3NO4S. The van der Waals surface area contributed by atoms with Gasteiger partial charge in [0, 0.05) is 5.02 Å². The summed E-state index contributed by atoms with van der Waals surface area (Å²) in [5, 5.41) is -0.683. The molecule has 5 nitrogen and oxygen atoms in total. The van der Waals surface area contributed by atoms with Gasteiger partial charge < -0.3 is 10.5 Å². The molecule has 162 valence electrons. The molecule has 1 aliphatic rings. The van der Waals surface area contributed by atoms with Gasteiger partial charge in [0.25, 0.3) is 0 Å². The van der Waals surface area contributed by atoms with E-state index in [4.69, 9.17) is 22.1 Å². The number of halogens is 4. The van der Waals surface area contributed by atoms with Crippen molar-refractivity contribution in [3.63, 3.8) is 0 Å². The molecule has 0 heterocycles. The highest BCUT2D eigenvalue weighted by molar-refractivity contribution is 7.92. The zero-order valence-electron chi connectivity index (χ0n) is 15.6. The van der Waals surface area contributed by atoms with Crippen molar-refractivity contribution < 1.29 is 31.1 Å². The van der Waals surface area contributed by atoms with Crippen LogP contribution in [-0.2, 0) is 32.2 Å². The smallest absolute Gasteiger partial charge is 0.373 e. The third-order valence-electron chi connectivity index (χ3n) is 5.14. The zero-order chi connectivity index (χ0) is 22.1. The van der Waals surface area contributed by atoms with Crippen molar-refractivity contribution in [2.45, 2.75) is 41.9 Å². The van der Waals surface area contributed by atoms with E-state index < -0.39 is 49.7 Å². The van der Waals surface area contributed by atoms with E-state index in [1.165, 1.54) is 6.07 Å². The van der Waals surface area contributed by atoms with Gasteiger partial charge in [-0.3, -0.25) is 4.79 Å². The number of primary amides is 1. The van der Waals surface area contributed by atoms with Crippen LogP contribution < -0.4 is 5.73 Å². The third kappa shape index (κ3) is 4.79. The van der Waals surface area contributed by atoms with Gasteiger partial charge in [0.2, 0.25) is 5.91 Å². The third-order valence-corrected chi connectivity index (χ3v) is 7.63. The number of sulfone groups is 1. The monoisotopic (exact) mass is 461 g/mol. The summed E-state index contributed by atoms with van der Waals surface area (Å²) in [5.41, 5.74) is 4.93. The molecule has 2 aromatic carbocycles. The number of hydrogen-bond donors (Lipinski definition) is 1. The summed E-state index contributed by atoms with van der Waals surface area (Å²) in [4.78, 5) is 11.1. The molecule has 0 saturated heterocycles. The van der Waals surface area contributed by atoms with Gasteiger partial charge in [0.05, 0.1) is 34.3 Å². The van der Waals surface area contributed by atoms with Gasteiger partial charge >= 0.3 is 6.18 Å². The molecule has 1 aliphatic carbocycles. The number of carbonyl (C=O) groups excluding carboxylic acids is 1. The number of carbonyl (C=O) groups is 1. The summed E-state index contributed by atoms with van der Waals surface area (Å²) >= 11 is 5.83. The highest BCUT2D eigenvalue weighted by atomic mass is 35.5. The highest BCUT2D eigenvalue weighted by Gasteiger charge is 2.47. The Morgan fingerprint density at radius 3 is 2.33 bits per heavy atom. The first kappa shape index (κ1) is 22.6. The average molecular weight is 462 g/mol. The lowest BCUT2D eigenvalue weighted by molar-refractivity contribution is -0.139. The quantitative estimate of drug-likeness (QED) is 0.705. The van der Waals surface area contributed by atoms with Gasteiger partial charge in [-0.1, -0.05) is 35.9 Å². The van der Waals surface area contributed by atoms with Crippen molar-refractivity contribution in [1.29, 1.82) is 0 Å². The Bertz CT molecular complexity index is 1030. The molecule has 0 bridgehead atoms. The molecule has 3 atom stereocenters. The van der Waals surface area contributed by atoms with E-state index in [-0.39, 0.29) is 19.4 Å². The maximum Gasteiger partial charge on any atom is 0.417 e. The van der Waals surface area contributed by atoms with Gasteiger partial charge in [-0.25, -0.2) is 8.42 Å². The summed E-state index contributed by atoms with van der Waals surface area (Å²) in [6.07, 6.45) is -5.98. The lowest BCUT2D eigenvalue weighted by Crippen LogP contribution is -2.31. The second-order valence-electron chi connectivity index (χ2n) is 7.12. The topological polar surface area (TPSA) is 86.5 Å². The number of nitrogens with two attached hydrogens (primary N) is 1. The number of alkyl halides is 3. The number of amides is 1. The molecule has 0 unspecified atom stereocenters. The highest BCUT2D eigenvalue weighted by Crippen LogP contribution is 2.40. The fourth-order valence-electron chi connectivity index (χ4n) is 3.60.